The number of benzene rings is 1. The van der Waals surface area contributed by atoms with Crippen LogP contribution >= 0.6 is 17.0 Å². The van der Waals surface area contributed by atoms with E-state index in [0.29, 0.717) is 6.04 Å². The Morgan fingerprint density at radius 3 is 2.69 bits per heavy atom. The van der Waals surface area contributed by atoms with Gasteiger partial charge in [-0.15, -0.1) is 17.0 Å². The molecule has 0 saturated carbocycles. The Labute approximate surface area is 108 Å². The third kappa shape index (κ3) is 5.49. The molecule has 0 bridgehead atoms. The maximum atomic E-state index is 5.16. The molecule has 0 aliphatic heterocycles. The second kappa shape index (κ2) is 8.56. The van der Waals surface area contributed by atoms with Gasteiger partial charge in [0, 0.05) is 19.7 Å². The third-order valence-electron chi connectivity index (χ3n) is 2.21. The third-order valence-corrected chi connectivity index (χ3v) is 2.21. The lowest BCUT2D eigenvalue weighted by Crippen LogP contribution is -2.29. The lowest BCUT2D eigenvalue weighted by Gasteiger charge is -2.12. The van der Waals surface area contributed by atoms with Crippen LogP contribution in [0.3, 0.4) is 0 Å². The average molecular weight is 290 g/mol. The van der Waals surface area contributed by atoms with Gasteiger partial charge in [0.15, 0.2) is 0 Å². The summed E-state index contributed by atoms with van der Waals surface area (Å²) < 4.78 is 10.2. The van der Waals surface area contributed by atoms with Crippen LogP contribution in [-0.2, 0) is 11.3 Å². The van der Waals surface area contributed by atoms with E-state index in [1.54, 1.807) is 14.2 Å². The van der Waals surface area contributed by atoms with Gasteiger partial charge in [-0.05, 0) is 24.6 Å². The quantitative estimate of drug-likeness (QED) is 0.872. The number of hydrogen-bond acceptors (Lipinski definition) is 3. The lowest BCUT2D eigenvalue weighted by atomic mass is 10.2. The molecular weight excluding hydrogens is 270 g/mol. The first-order chi connectivity index (χ1) is 7.26. The molecule has 0 aliphatic rings. The summed E-state index contributed by atoms with van der Waals surface area (Å²) in [6, 6.07) is 8.42. The Morgan fingerprint density at radius 2 is 2.06 bits per heavy atom. The van der Waals surface area contributed by atoms with Crippen molar-refractivity contribution in [1.29, 1.82) is 0 Å². The van der Waals surface area contributed by atoms with Gasteiger partial charge < -0.3 is 14.8 Å². The molecule has 0 amide bonds. The fourth-order valence-electron chi connectivity index (χ4n) is 1.38. The summed E-state index contributed by atoms with van der Waals surface area (Å²) in [5, 5.41) is 3.37. The Balaban J connectivity index is 0.00000225. The molecule has 1 N–H and O–H groups in total. The van der Waals surface area contributed by atoms with E-state index in [1.807, 2.05) is 18.2 Å². The molecule has 0 aliphatic carbocycles. The minimum atomic E-state index is 0. The molecule has 0 spiro atoms. The molecule has 0 fully saturated rings. The maximum Gasteiger partial charge on any atom is 0.119 e. The molecule has 0 radical (unpaired) electrons. The lowest BCUT2D eigenvalue weighted by molar-refractivity contribution is 0.171. The van der Waals surface area contributed by atoms with Crippen LogP contribution in [0.25, 0.3) is 0 Å². The first kappa shape index (κ1) is 15.4. The zero-order chi connectivity index (χ0) is 11.1. The summed E-state index contributed by atoms with van der Waals surface area (Å²) >= 11 is 0. The molecule has 1 aromatic carbocycles. The van der Waals surface area contributed by atoms with Crippen molar-refractivity contribution >= 4 is 17.0 Å². The largest absolute Gasteiger partial charge is 0.497 e. The van der Waals surface area contributed by atoms with Crippen LogP contribution in [0.2, 0.25) is 0 Å². The molecule has 1 atom stereocenters. The minimum Gasteiger partial charge on any atom is -0.497 e. The predicted molar refractivity (Wildman–Crippen MR) is 71.5 cm³/mol. The van der Waals surface area contributed by atoms with Crippen LogP contribution in [0.4, 0.5) is 0 Å². The highest BCUT2D eigenvalue weighted by molar-refractivity contribution is 8.93. The second-order valence-electron chi connectivity index (χ2n) is 3.59. The summed E-state index contributed by atoms with van der Waals surface area (Å²) in [5.74, 6) is 0.897. The second-order valence-corrected chi connectivity index (χ2v) is 3.59. The summed E-state index contributed by atoms with van der Waals surface area (Å²) in [6.07, 6.45) is 0. The molecule has 0 aromatic heterocycles. The fourth-order valence-corrected chi connectivity index (χ4v) is 1.38. The number of halogens is 1. The SMILES string of the molecule is Br.COCC(C)NCc1cccc(OC)c1. The van der Waals surface area contributed by atoms with Crippen LogP contribution in [0.5, 0.6) is 5.75 Å². The molecule has 0 heterocycles. The molecule has 3 nitrogen and oxygen atoms in total. The first-order valence-electron chi connectivity index (χ1n) is 5.11. The van der Waals surface area contributed by atoms with Gasteiger partial charge in [-0.1, -0.05) is 12.1 Å². The molecule has 1 aromatic rings. The molecule has 1 rings (SSSR count). The summed E-state index contributed by atoms with van der Waals surface area (Å²) in [4.78, 5) is 0. The van der Waals surface area contributed by atoms with E-state index in [4.69, 9.17) is 9.47 Å². The van der Waals surface area contributed by atoms with Crippen molar-refractivity contribution in [2.45, 2.75) is 19.5 Å². The van der Waals surface area contributed by atoms with E-state index in [1.165, 1.54) is 5.56 Å². The van der Waals surface area contributed by atoms with E-state index in [9.17, 15) is 0 Å². The van der Waals surface area contributed by atoms with Crippen molar-refractivity contribution in [1.82, 2.24) is 5.32 Å². The van der Waals surface area contributed by atoms with Crippen LogP contribution in [0, 0.1) is 0 Å². The van der Waals surface area contributed by atoms with E-state index >= 15 is 0 Å². The Bertz CT molecular complexity index is 294. The number of methoxy groups -OCH3 is 2. The van der Waals surface area contributed by atoms with Gasteiger partial charge in [-0.25, -0.2) is 0 Å². The number of hydrogen-bond donors (Lipinski definition) is 1. The van der Waals surface area contributed by atoms with Crippen LogP contribution in [0.1, 0.15) is 12.5 Å². The van der Waals surface area contributed by atoms with Gasteiger partial charge in [0.05, 0.1) is 13.7 Å². The number of nitrogens with one attached hydrogen (secondary N) is 1. The smallest absolute Gasteiger partial charge is 0.119 e. The number of ether oxygens (including phenoxy) is 2. The minimum absolute atomic E-state index is 0. The molecule has 4 heteroatoms. The molecule has 1 unspecified atom stereocenters. The van der Waals surface area contributed by atoms with Crippen LogP contribution in [-0.4, -0.2) is 26.9 Å². The summed E-state index contributed by atoms with van der Waals surface area (Å²) in [6.45, 7) is 3.66. The van der Waals surface area contributed by atoms with Gasteiger partial charge in [-0.3, -0.25) is 0 Å². The monoisotopic (exact) mass is 289 g/mol. The van der Waals surface area contributed by atoms with E-state index in [-0.39, 0.29) is 17.0 Å². The molecule has 16 heavy (non-hydrogen) atoms. The van der Waals surface area contributed by atoms with Crippen molar-refractivity contribution in [2.24, 2.45) is 0 Å². The Hall–Kier alpha value is -0.580. The zero-order valence-electron chi connectivity index (χ0n) is 10.0. The number of rotatable bonds is 6. The van der Waals surface area contributed by atoms with Gasteiger partial charge >= 0.3 is 0 Å². The Morgan fingerprint density at radius 1 is 1.31 bits per heavy atom. The average Bonchev–Trinajstić information content (AvgIpc) is 2.27. The maximum absolute atomic E-state index is 5.16. The highest BCUT2D eigenvalue weighted by Gasteiger charge is 2.00. The van der Waals surface area contributed by atoms with Crippen molar-refractivity contribution < 1.29 is 9.47 Å². The molecule has 92 valence electrons. The van der Waals surface area contributed by atoms with Gasteiger partial charge in [0.25, 0.3) is 0 Å². The van der Waals surface area contributed by atoms with E-state index in [0.717, 1.165) is 18.9 Å². The highest BCUT2D eigenvalue weighted by Crippen LogP contribution is 2.12. The first-order valence-corrected chi connectivity index (χ1v) is 5.11. The van der Waals surface area contributed by atoms with Crippen LogP contribution < -0.4 is 10.1 Å². The molecular formula is C12H20BrNO2. The normalized spacial score (nSPS) is 11.7. The molecule has 0 saturated heterocycles. The predicted octanol–water partition coefficient (Wildman–Crippen LogP) is 2.40. The van der Waals surface area contributed by atoms with E-state index in [2.05, 4.69) is 18.3 Å². The highest BCUT2D eigenvalue weighted by atomic mass is 79.9. The van der Waals surface area contributed by atoms with Gasteiger partial charge in [-0.2, -0.15) is 0 Å². The topological polar surface area (TPSA) is 30.5 Å². The van der Waals surface area contributed by atoms with Crippen molar-refractivity contribution in [3.05, 3.63) is 29.8 Å². The van der Waals surface area contributed by atoms with E-state index < -0.39 is 0 Å². The standard InChI is InChI=1S/C12H19NO2.BrH/c1-10(9-14-2)13-8-11-5-4-6-12(7-11)15-3;/h4-7,10,13H,8-9H2,1-3H3;1H. The van der Waals surface area contributed by atoms with Crippen molar-refractivity contribution in [2.75, 3.05) is 20.8 Å². The Kier molecular flexibility index (Phi) is 8.25. The summed E-state index contributed by atoms with van der Waals surface area (Å²) in [5.41, 5.74) is 1.22. The zero-order valence-corrected chi connectivity index (χ0v) is 11.7. The van der Waals surface area contributed by atoms with Crippen molar-refractivity contribution in [3.8, 4) is 5.75 Å². The van der Waals surface area contributed by atoms with Gasteiger partial charge in [0.2, 0.25) is 0 Å². The van der Waals surface area contributed by atoms with Gasteiger partial charge in [0.1, 0.15) is 5.75 Å². The van der Waals surface area contributed by atoms with Crippen molar-refractivity contribution in [3.63, 3.8) is 0 Å². The van der Waals surface area contributed by atoms with Crippen LogP contribution in [0.15, 0.2) is 24.3 Å². The fraction of sp³-hybridized carbons (Fsp3) is 0.500. The summed E-state index contributed by atoms with van der Waals surface area (Å²) in [7, 11) is 3.39.